The van der Waals surface area contributed by atoms with Gasteiger partial charge in [-0.25, -0.2) is 12.8 Å². The van der Waals surface area contributed by atoms with Crippen LogP contribution in [0.1, 0.15) is 5.56 Å². The summed E-state index contributed by atoms with van der Waals surface area (Å²) in [6.07, 6.45) is 0. The zero-order valence-corrected chi connectivity index (χ0v) is 18.0. The topological polar surface area (TPSA) is 76.2 Å². The van der Waals surface area contributed by atoms with Crippen LogP contribution < -0.4 is 4.74 Å². The summed E-state index contributed by atoms with van der Waals surface area (Å²) in [7, 11) is -2.07. The number of hydrogen-bond acceptors (Lipinski definition) is 5. The van der Waals surface area contributed by atoms with E-state index in [-0.39, 0.29) is 34.5 Å². The van der Waals surface area contributed by atoms with Crippen molar-refractivity contribution in [3.8, 4) is 5.75 Å². The van der Waals surface area contributed by atoms with Crippen molar-refractivity contribution in [2.24, 2.45) is 0 Å². The highest BCUT2D eigenvalue weighted by Gasteiger charge is 2.26. The van der Waals surface area contributed by atoms with E-state index in [0.717, 1.165) is 0 Å². The minimum atomic E-state index is -3.59. The van der Waals surface area contributed by atoms with Crippen LogP contribution in [0.3, 0.4) is 0 Å². The zero-order chi connectivity index (χ0) is 21.7. The Kier molecular flexibility index (Phi) is 7.30. The third-order valence-corrected chi connectivity index (χ3v) is 6.94. The van der Waals surface area contributed by atoms with Crippen molar-refractivity contribution in [2.45, 2.75) is 11.4 Å². The molecule has 7 nitrogen and oxygen atoms in total. The highest BCUT2D eigenvalue weighted by atomic mass is 35.5. The summed E-state index contributed by atoms with van der Waals surface area (Å²) in [6.45, 7) is 1.09. The van der Waals surface area contributed by atoms with Crippen LogP contribution in [-0.2, 0) is 26.1 Å². The van der Waals surface area contributed by atoms with Crippen molar-refractivity contribution in [2.75, 3.05) is 40.0 Å². The minimum Gasteiger partial charge on any atom is -0.484 e. The normalized spacial score (nSPS) is 15.0. The molecular formula is C20H22ClFN2O5S. The van der Waals surface area contributed by atoms with Gasteiger partial charge in [0.25, 0.3) is 5.91 Å². The number of carbonyl (C=O) groups is 1. The molecular weight excluding hydrogens is 435 g/mol. The summed E-state index contributed by atoms with van der Waals surface area (Å²) in [5, 5.41) is 0.243. The molecule has 1 heterocycles. The molecule has 30 heavy (non-hydrogen) atoms. The molecule has 0 unspecified atom stereocenters. The van der Waals surface area contributed by atoms with E-state index in [0.29, 0.717) is 32.1 Å². The van der Waals surface area contributed by atoms with E-state index in [1.54, 1.807) is 6.07 Å². The monoisotopic (exact) mass is 456 g/mol. The number of carbonyl (C=O) groups excluding carboxylic acids is 1. The average molecular weight is 457 g/mol. The molecule has 1 aliphatic heterocycles. The van der Waals surface area contributed by atoms with E-state index in [9.17, 15) is 17.6 Å². The first-order valence-corrected chi connectivity index (χ1v) is 11.1. The molecule has 0 N–H and O–H groups in total. The number of nitrogens with zero attached hydrogens (tertiary/aromatic N) is 2. The quantitative estimate of drug-likeness (QED) is 0.640. The third kappa shape index (κ3) is 5.28. The molecule has 1 aliphatic rings. The van der Waals surface area contributed by atoms with Crippen molar-refractivity contribution in [1.29, 1.82) is 0 Å². The van der Waals surface area contributed by atoms with Gasteiger partial charge in [-0.15, -0.1) is 0 Å². The summed E-state index contributed by atoms with van der Waals surface area (Å²) < 4.78 is 51.1. The molecule has 2 aromatic carbocycles. The van der Waals surface area contributed by atoms with Gasteiger partial charge in [0.2, 0.25) is 10.0 Å². The molecule has 1 amide bonds. The molecule has 0 aromatic heterocycles. The molecule has 0 radical (unpaired) electrons. The van der Waals surface area contributed by atoms with Crippen LogP contribution >= 0.6 is 11.6 Å². The number of halogens is 2. The van der Waals surface area contributed by atoms with Crippen LogP contribution in [0, 0.1) is 5.82 Å². The maximum Gasteiger partial charge on any atom is 0.260 e. The lowest BCUT2D eigenvalue weighted by Gasteiger charge is -2.26. The summed E-state index contributed by atoms with van der Waals surface area (Å²) in [6, 6.07) is 10.2. The van der Waals surface area contributed by atoms with Gasteiger partial charge in [0, 0.05) is 37.3 Å². The predicted octanol–water partition coefficient (Wildman–Crippen LogP) is 2.54. The Morgan fingerprint density at radius 1 is 1.20 bits per heavy atom. The Morgan fingerprint density at radius 3 is 2.50 bits per heavy atom. The lowest BCUT2D eigenvalue weighted by Crippen LogP contribution is -2.40. The number of sulfonamides is 1. The SMILES string of the molecule is CN(Cc1c(F)cccc1Cl)C(=O)COc1ccc(S(=O)(=O)N2CCOCC2)cc1. The molecule has 162 valence electrons. The first kappa shape index (κ1) is 22.5. The highest BCUT2D eigenvalue weighted by Crippen LogP contribution is 2.22. The van der Waals surface area contributed by atoms with E-state index < -0.39 is 15.8 Å². The van der Waals surface area contributed by atoms with Gasteiger partial charge in [0.05, 0.1) is 18.1 Å². The Labute approximate surface area is 180 Å². The van der Waals surface area contributed by atoms with E-state index in [1.807, 2.05) is 0 Å². The Balaban J connectivity index is 1.57. The van der Waals surface area contributed by atoms with Crippen LogP contribution in [-0.4, -0.2) is 63.5 Å². The number of benzene rings is 2. The summed E-state index contributed by atoms with van der Waals surface area (Å²) >= 11 is 5.99. The number of morpholine rings is 1. The third-order valence-electron chi connectivity index (χ3n) is 4.68. The van der Waals surface area contributed by atoms with E-state index in [2.05, 4.69) is 0 Å². The zero-order valence-electron chi connectivity index (χ0n) is 16.4. The lowest BCUT2D eigenvalue weighted by atomic mass is 10.2. The molecule has 0 bridgehead atoms. The maximum atomic E-state index is 13.9. The van der Waals surface area contributed by atoms with E-state index in [4.69, 9.17) is 21.1 Å². The number of ether oxygens (including phenoxy) is 2. The molecule has 2 aromatic rings. The maximum absolute atomic E-state index is 13.9. The Morgan fingerprint density at radius 2 is 1.87 bits per heavy atom. The molecule has 0 saturated carbocycles. The number of rotatable bonds is 7. The lowest BCUT2D eigenvalue weighted by molar-refractivity contribution is -0.132. The summed E-state index contributed by atoms with van der Waals surface area (Å²) in [5.74, 6) is -0.513. The molecule has 3 rings (SSSR count). The Bertz CT molecular complexity index is 975. The van der Waals surface area contributed by atoms with Gasteiger partial charge in [-0.2, -0.15) is 4.31 Å². The number of likely N-dealkylation sites (N-methyl/N-ethyl adjacent to an activating group) is 1. The van der Waals surface area contributed by atoms with Gasteiger partial charge >= 0.3 is 0 Å². The standard InChI is InChI=1S/C20H22ClFN2O5S/c1-23(13-17-18(21)3-2-4-19(17)22)20(25)14-29-15-5-7-16(8-6-15)30(26,27)24-9-11-28-12-10-24/h2-8H,9-14H2,1H3. The van der Waals surface area contributed by atoms with Crippen LogP contribution in [0.15, 0.2) is 47.4 Å². The summed E-state index contributed by atoms with van der Waals surface area (Å²) in [4.78, 5) is 13.8. The average Bonchev–Trinajstić information content (AvgIpc) is 2.75. The van der Waals surface area contributed by atoms with Gasteiger partial charge in [-0.3, -0.25) is 4.79 Å². The van der Waals surface area contributed by atoms with Gasteiger partial charge in [-0.1, -0.05) is 17.7 Å². The fourth-order valence-electron chi connectivity index (χ4n) is 2.91. The van der Waals surface area contributed by atoms with Gasteiger partial charge in [-0.05, 0) is 36.4 Å². The van der Waals surface area contributed by atoms with Crippen molar-refractivity contribution < 1.29 is 27.1 Å². The van der Waals surface area contributed by atoms with E-state index >= 15 is 0 Å². The molecule has 0 aliphatic carbocycles. The first-order chi connectivity index (χ1) is 14.3. The van der Waals surface area contributed by atoms with Gasteiger partial charge < -0.3 is 14.4 Å². The van der Waals surface area contributed by atoms with Crippen molar-refractivity contribution in [3.63, 3.8) is 0 Å². The fraction of sp³-hybridized carbons (Fsp3) is 0.350. The predicted molar refractivity (Wildman–Crippen MR) is 109 cm³/mol. The van der Waals surface area contributed by atoms with Crippen LogP contribution in [0.5, 0.6) is 5.75 Å². The highest BCUT2D eigenvalue weighted by molar-refractivity contribution is 7.89. The second-order valence-corrected chi connectivity index (χ2v) is 9.07. The smallest absolute Gasteiger partial charge is 0.260 e. The van der Waals surface area contributed by atoms with Crippen molar-refractivity contribution >= 4 is 27.5 Å². The minimum absolute atomic E-state index is 0.00440. The number of hydrogen-bond donors (Lipinski definition) is 0. The molecule has 0 atom stereocenters. The van der Waals surface area contributed by atoms with Crippen LogP contribution in [0.4, 0.5) is 4.39 Å². The first-order valence-electron chi connectivity index (χ1n) is 9.26. The fourth-order valence-corrected chi connectivity index (χ4v) is 4.54. The van der Waals surface area contributed by atoms with Crippen molar-refractivity contribution in [3.05, 3.63) is 58.9 Å². The summed E-state index contributed by atoms with van der Waals surface area (Å²) in [5.41, 5.74) is 0.229. The second-order valence-electron chi connectivity index (χ2n) is 6.73. The molecule has 0 spiro atoms. The molecule has 1 saturated heterocycles. The molecule has 10 heteroatoms. The largest absolute Gasteiger partial charge is 0.484 e. The second kappa shape index (κ2) is 9.74. The van der Waals surface area contributed by atoms with Crippen LogP contribution in [0.25, 0.3) is 0 Å². The van der Waals surface area contributed by atoms with E-state index in [1.165, 1.54) is 52.7 Å². The van der Waals surface area contributed by atoms with Gasteiger partial charge in [0.15, 0.2) is 6.61 Å². The number of amides is 1. The molecule has 1 fully saturated rings. The van der Waals surface area contributed by atoms with Crippen LogP contribution in [0.2, 0.25) is 5.02 Å². The van der Waals surface area contributed by atoms with Crippen molar-refractivity contribution in [1.82, 2.24) is 9.21 Å². The Hall–Kier alpha value is -2.20. The van der Waals surface area contributed by atoms with Gasteiger partial charge in [0.1, 0.15) is 11.6 Å².